The van der Waals surface area contributed by atoms with Crippen molar-refractivity contribution in [1.29, 1.82) is 0 Å². The largest absolute Gasteiger partial charge is 0.345 e. The van der Waals surface area contributed by atoms with Crippen LogP contribution in [0.1, 0.15) is 37.7 Å². The molecule has 0 radical (unpaired) electrons. The van der Waals surface area contributed by atoms with Gasteiger partial charge in [0.1, 0.15) is 0 Å². The van der Waals surface area contributed by atoms with Crippen molar-refractivity contribution in [3.63, 3.8) is 0 Å². The van der Waals surface area contributed by atoms with Gasteiger partial charge in [-0.2, -0.15) is 0 Å². The van der Waals surface area contributed by atoms with Crippen LogP contribution in [0.25, 0.3) is 0 Å². The molecule has 4 N–H and O–H groups in total. The molecule has 0 spiro atoms. The maximum Gasteiger partial charge on any atom is 0.309 e. The van der Waals surface area contributed by atoms with Gasteiger partial charge < -0.3 is 10.6 Å². The summed E-state index contributed by atoms with van der Waals surface area (Å²) in [6.45, 7) is 0.141. The number of nitrogens with two attached hydrogens (primary N) is 1. The molecule has 1 fully saturated rings. The lowest BCUT2D eigenvalue weighted by Gasteiger charge is -2.22. The maximum atomic E-state index is 11.8. The Bertz CT molecular complexity index is 664. The summed E-state index contributed by atoms with van der Waals surface area (Å²) >= 11 is 0. The molecule has 1 aliphatic rings. The van der Waals surface area contributed by atoms with Gasteiger partial charge in [0.25, 0.3) is 0 Å². The molecule has 1 saturated carbocycles. The lowest BCUT2D eigenvalue weighted by atomic mass is 9.95. The second-order valence-corrected chi connectivity index (χ2v) is 7.24. The molecule has 1 aromatic rings. The Kier molecular flexibility index (Phi) is 5.73. The number of carbonyl (C=O) groups is 2. The second-order valence-electron chi connectivity index (χ2n) is 5.68. The van der Waals surface area contributed by atoms with Crippen LogP contribution in [0.15, 0.2) is 29.2 Å². The second kappa shape index (κ2) is 7.56. The van der Waals surface area contributed by atoms with Crippen LogP contribution in [-0.4, -0.2) is 26.3 Å². The molecule has 2 rings (SSSR count). The zero-order chi connectivity index (χ0) is 16.9. The number of nitrogens with one attached hydrogen (secondary N) is 2. The topological polar surface area (TPSA) is 118 Å². The van der Waals surface area contributed by atoms with E-state index in [1.165, 1.54) is 18.6 Å². The smallest absolute Gasteiger partial charge is 0.309 e. The van der Waals surface area contributed by atoms with E-state index < -0.39 is 21.8 Å². The third-order valence-electron chi connectivity index (χ3n) is 3.85. The number of benzene rings is 1. The third-order valence-corrected chi connectivity index (χ3v) is 4.78. The first-order chi connectivity index (χ1) is 10.9. The van der Waals surface area contributed by atoms with Crippen LogP contribution in [0.5, 0.6) is 0 Å². The SMILES string of the molecule is NS(=O)(=O)c1ccc(CNC(=O)C(=O)NC2CCCCC2)cc1. The van der Waals surface area contributed by atoms with Crippen molar-refractivity contribution in [3.8, 4) is 0 Å². The number of rotatable bonds is 4. The maximum absolute atomic E-state index is 11.8. The van der Waals surface area contributed by atoms with E-state index in [2.05, 4.69) is 10.6 Å². The summed E-state index contributed by atoms with van der Waals surface area (Å²) in [5.74, 6) is -1.32. The van der Waals surface area contributed by atoms with Crippen LogP contribution in [0.4, 0.5) is 0 Å². The molecule has 126 valence electrons. The average Bonchev–Trinajstić information content (AvgIpc) is 2.53. The lowest BCUT2D eigenvalue weighted by Crippen LogP contribution is -2.45. The summed E-state index contributed by atoms with van der Waals surface area (Å²) in [7, 11) is -3.73. The van der Waals surface area contributed by atoms with Gasteiger partial charge in [0, 0.05) is 12.6 Å². The highest BCUT2D eigenvalue weighted by Crippen LogP contribution is 2.17. The molecule has 0 bridgehead atoms. The molecule has 0 heterocycles. The Morgan fingerprint density at radius 2 is 1.65 bits per heavy atom. The summed E-state index contributed by atoms with van der Waals surface area (Å²) in [6, 6.07) is 5.88. The Labute approximate surface area is 135 Å². The van der Waals surface area contributed by atoms with Crippen LogP contribution in [0.3, 0.4) is 0 Å². The van der Waals surface area contributed by atoms with E-state index in [-0.39, 0.29) is 17.5 Å². The van der Waals surface area contributed by atoms with E-state index in [0.29, 0.717) is 5.56 Å². The zero-order valence-electron chi connectivity index (χ0n) is 12.7. The van der Waals surface area contributed by atoms with Crippen LogP contribution in [-0.2, 0) is 26.2 Å². The van der Waals surface area contributed by atoms with Gasteiger partial charge >= 0.3 is 11.8 Å². The monoisotopic (exact) mass is 339 g/mol. The van der Waals surface area contributed by atoms with E-state index >= 15 is 0 Å². The molecule has 0 saturated heterocycles. The van der Waals surface area contributed by atoms with Crippen LogP contribution >= 0.6 is 0 Å². The van der Waals surface area contributed by atoms with Crippen molar-refractivity contribution in [1.82, 2.24) is 10.6 Å². The van der Waals surface area contributed by atoms with E-state index in [1.807, 2.05) is 0 Å². The third kappa shape index (κ3) is 5.33. The normalized spacial score (nSPS) is 15.9. The lowest BCUT2D eigenvalue weighted by molar-refractivity contribution is -0.139. The number of primary sulfonamides is 1. The number of carbonyl (C=O) groups excluding carboxylic acids is 2. The van der Waals surface area contributed by atoms with Crippen molar-refractivity contribution in [2.45, 2.75) is 49.6 Å². The molecule has 1 aromatic carbocycles. The predicted octanol–water partition coefficient (Wildman–Crippen LogP) is 0.399. The molecule has 1 aliphatic carbocycles. The number of amides is 2. The molecule has 8 heteroatoms. The molecule has 0 aliphatic heterocycles. The summed E-state index contributed by atoms with van der Waals surface area (Å²) < 4.78 is 22.3. The first-order valence-electron chi connectivity index (χ1n) is 7.57. The number of sulfonamides is 1. The average molecular weight is 339 g/mol. The highest BCUT2D eigenvalue weighted by molar-refractivity contribution is 7.89. The first-order valence-corrected chi connectivity index (χ1v) is 9.11. The van der Waals surface area contributed by atoms with E-state index in [1.54, 1.807) is 12.1 Å². The first kappa shape index (κ1) is 17.4. The van der Waals surface area contributed by atoms with Crippen molar-refractivity contribution in [2.75, 3.05) is 0 Å². The van der Waals surface area contributed by atoms with E-state index in [0.717, 1.165) is 25.7 Å². The number of hydrogen-bond donors (Lipinski definition) is 3. The van der Waals surface area contributed by atoms with Gasteiger partial charge in [-0.25, -0.2) is 13.6 Å². The standard InChI is InChI=1S/C15H21N3O4S/c16-23(21,22)13-8-6-11(7-9-13)10-17-14(19)15(20)18-12-4-2-1-3-5-12/h6-9,12H,1-5,10H2,(H,17,19)(H,18,20)(H2,16,21,22). The Hall–Kier alpha value is -1.93. The highest BCUT2D eigenvalue weighted by Gasteiger charge is 2.20. The molecule has 7 nitrogen and oxygen atoms in total. The Morgan fingerprint density at radius 1 is 1.04 bits per heavy atom. The van der Waals surface area contributed by atoms with Crippen LogP contribution < -0.4 is 15.8 Å². The molecule has 23 heavy (non-hydrogen) atoms. The van der Waals surface area contributed by atoms with Gasteiger partial charge in [-0.3, -0.25) is 9.59 Å². The van der Waals surface area contributed by atoms with Crippen LogP contribution in [0.2, 0.25) is 0 Å². The fourth-order valence-corrected chi connectivity index (χ4v) is 3.07. The van der Waals surface area contributed by atoms with E-state index in [4.69, 9.17) is 5.14 Å². The van der Waals surface area contributed by atoms with Gasteiger partial charge in [-0.1, -0.05) is 31.4 Å². The Morgan fingerprint density at radius 3 is 2.22 bits per heavy atom. The van der Waals surface area contributed by atoms with Crippen molar-refractivity contribution >= 4 is 21.8 Å². The van der Waals surface area contributed by atoms with Crippen molar-refractivity contribution < 1.29 is 18.0 Å². The van der Waals surface area contributed by atoms with Crippen molar-refractivity contribution in [3.05, 3.63) is 29.8 Å². The minimum absolute atomic E-state index is 0.00242. The predicted molar refractivity (Wildman–Crippen MR) is 84.7 cm³/mol. The minimum atomic E-state index is -3.73. The van der Waals surface area contributed by atoms with Gasteiger partial charge in [0.2, 0.25) is 10.0 Å². The highest BCUT2D eigenvalue weighted by atomic mass is 32.2. The summed E-state index contributed by atoms with van der Waals surface area (Å²) in [5.41, 5.74) is 0.677. The van der Waals surface area contributed by atoms with Gasteiger partial charge in [-0.15, -0.1) is 0 Å². The van der Waals surface area contributed by atoms with Crippen LogP contribution in [0, 0.1) is 0 Å². The molecular weight excluding hydrogens is 318 g/mol. The molecule has 0 unspecified atom stereocenters. The molecule has 2 amide bonds. The molecule has 0 aromatic heterocycles. The fourth-order valence-electron chi connectivity index (χ4n) is 2.56. The number of hydrogen-bond acceptors (Lipinski definition) is 4. The zero-order valence-corrected chi connectivity index (χ0v) is 13.6. The van der Waals surface area contributed by atoms with Gasteiger partial charge in [-0.05, 0) is 30.5 Å². The molecule has 0 atom stereocenters. The molecular formula is C15H21N3O4S. The summed E-state index contributed by atoms with van der Waals surface area (Å²) in [4.78, 5) is 23.6. The van der Waals surface area contributed by atoms with Gasteiger partial charge in [0.05, 0.1) is 4.90 Å². The Balaban J connectivity index is 1.82. The minimum Gasteiger partial charge on any atom is -0.345 e. The summed E-state index contributed by atoms with van der Waals surface area (Å²) in [5, 5.41) is 10.3. The fraction of sp³-hybridized carbons (Fsp3) is 0.467. The quantitative estimate of drug-likeness (QED) is 0.688. The van der Waals surface area contributed by atoms with Crippen molar-refractivity contribution in [2.24, 2.45) is 5.14 Å². The summed E-state index contributed by atoms with van der Waals surface area (Å²) in [6.07, 6.45) is 5.14. The van der Waals surface area contributed by atoms with E-state index in [9.17, 15) is 18.0 Å². The van der Waals surface area contributed by atoms with Gasteiger partial charge in [0.15, 0.2) is 0 Å².